The van der Waals surface area contributed by atoms with Gasteiger partial charge in [-0.3, -0.25) is 4.79 Å². The quantitative estimate of drug-likeness (QED) is 0.755. The average molecular weight is 370 g/mol. The van der Waals surface area contributed by atoms with Crippen LogP contribution in [-0.4, -0.2) is 18.7 Å². The molecule has 0 aliphatic rings. The molecule has 0 saturated carbocycles. The molecule has 25 heavy (non-hydrogen) atoms. The number of carbonyl (C=O) groups is 1. The molecule has 3 nitrogen and oxygen atoms in total. The van der Waals surface area contributed by atoms with E-state index >= 15 is 0 Å². The van der Waals surface area contributed by atoms with Crippen molar-refractivity contribution in [2.75, 3.05) is 6.61 Å². The van der Waals surface area contributed by atoms with Crippen LogP contribution in [0.5, 0.6) is 5.75 Å². The molecule has 2 aromatic rings. The Morgan fingerprint density at radius 2 is 1.88 bits per heavy atom. The highest BCUT2D eigenvalue weighted by Crippen LogP contribution is 2.18. The Morgan fingerprint density at radius 1 is 1.16 bits per heavy atom. The standard InChI is InChI=1S/C18H15ClF3NO2/c19-15-3-1-2-13(10-15)6-9-17(24)23-11-14-4-7-16(8-5-14)25-12-18(20,21)22/h1-10H,11-12H2,(H,23,24)/b9-6+. The summed E-state index contributed by atoms with van der Waals surface area (Å²) in [7, 11) is 0. The van der Waals surface area contributed by atoms with Crippen molar-refractivity contribution in [3.63, 3.8) is 0 Å². The first-order valence-electron chi connectivity index (χ1n) is 7.32. The van der Waals surface area contributed by atoms with Gasteiger partial charge in [-0.1, -0.05) is 35.9 Å². The van der Waals surface area contributed by atoms with Crippen molar-refractivity contribution in [1.82, 2.24) is 5.32 Å². The number of carbonyl (C=O) groups excluding carboxylic acids is 1. The van der Waals surface area contributed by atoms with E-state index in [1.165, 1.54) is 18.2 Å². The lowest BCUT2D eigenvalue weighted by molar-refractivity contribution is -0.153. The third-order valence-electron chi connectivity index (χ3n) is 3.07. The summed E-state index contributed by atoms with van der Waals surface area (Å²) in [6.45, 7) is -1.09. The lowest BCUT2D eigenvalue weighted by Crippen LogP contribution is -2.20. The molecule has 0 aliphatic heterocycles. The molecule has 1 N–H and O–H groups in total. The molecule has 0 radical (unpaired) electrons. The zero-order chi connectivity index (χ0) is 18.3. The number of benzene rings is 2. The van der Waals surface area contributed by atoms with E-state index in [0.717, 1.165) is 11.1 Å². The van der Waals surface area contributed by atoms with E-state index < -0.39 is 12.8 Å². The Morgan fingerprint density at radius 3 is 2.52 bits per heavy atom. The molecule has 0 unspecified atom stereocenters. The third-order valence-corrected chi connectivity index (χ3v) is 3.30. The molecule has 0 bridgehead atoms. The zero-order valence-electron chi connectivity index (χ0n) is 13.0. The van der Waals surface area contributed by atoms with Gasteiger partial charge in [0.05, 0.1) is 0 Å². The van der Waals surface area contributed by atoms with Crippen LogP contribution in [0.25, 0.3) is 6.08 Å². The van der Waals surface area contributed by atoms with Crippen LogP contribution >= 0.6 is 11.6 Å². The molecule has 1 amide bonds. The van der Waals surface area contributed by atoms with Crippen LogP contribution in [0.15, 0.2) is 54.6 Å². The minimum Gasteiger partial charge on any atom is -0.484 e. The van der Waals surface area contributed by atoms with E-state index in [9.17, 15) is 18.0 Å². The molecule has 2 aromatic carbocycles. The van der Waals surface area contributed by atoms with E-state index in [1.54, 1.807) is 36.4 Å². The van der Waals surface area contributed by atoms with Crippen molar-refractivity contribution in [2.24, 2.45) is 0 Å². The molecular weight excluding hydrogens is 355 g/mol. The summed E-state index contributed by atoms with van der Waals surface area (Å²) in [6.07, 6.45) is -1.36. The Kier molecular flexibility index (Phi) is 6.47. The fourth-order valence-corrected chi connectivity index (χ4v) is 2.10. The van der Waals surface area contributed by atoms with E-state index in [0.29, 0.717) is 5.02 Å². The van der Waals surface area contributed by atoms with Crippen LogP contribution in [-0.2, 0) is 11.3 Å². The first kappa shape index (κ1) is 18.9. The van der Waals surface area contributed by atoms with Gasteiger partial charge in [-0.25, -0.2) is 0 Å². The van der Waals surface area contributed by atoms with Crippen LogP contribution in [0, 0.1) is 0 Å². The normalized spacial score (nSPS) is 11.5. The highest BCUT2D eigenvalue weighted by molar-refractivity contribution is 6.30. The van der Waals surface area contributed by atoms with E-state index in [1.807, 2.05) is 6.07 Å². The third kappa shape index (κ3) is 7.30. The molecule has 0 fully saturated rings. The summed E-state index contributed by atoms with van der Waals surface area (Å²) in [4.78, 5) is 11.8. The molecular formula is C18H15ClF3NO2. The fraction of sp³-hybridized carbons (Fsp3) is 0.167. The maximum atomic E-state index is 12.1. The van der Waals surface area contributed by atoms with Gasteiger partial charge < -0.3 is 10.1 Å². The van der Waals surface area contributed by atoms with Gasteiger partial charge in [0.2, 0.25) is 5.91 Å². The van der Waals surface area contributed by atoms with Crippen LogP contribution in [0.1, 0.15) is 11.1 Å². The highest BCUT2D eigenvalue weighted by Gasteiger charge is 2.28. The summed E-state index contributed by atoms with van der Waals surface area (Å²) in [5.74, 6) is -0.175. The zero-order valence-corrected chi connectivity index (χ0v) is 13.8. The maximum Gasteiger partial charge on any atom is 0.422 e. The largest absolute Gasteiger partial charge is 0.484 e. The summed E-state index contributed by atoms with van der Waals surface area (Å²) in [6, 6.07) is 13.1. The smallest absolute Gasteiger partial charge is 0.422 e. The number of rotatable bonds is 6. The van der Waals surface area contributed by atoms with E-state index in [2.05, 4.69) is 10.1 Å². The molecule has 0 saturated heterocycles. The molecule has 0 aromatic heterocycles. The number of halogens is 4. The first-order valence-corrected chi connectivity index (χ1v) is 7.69. The van der Waals surface area contributed by atoms with Crippen LogP contribution in [0.3, 0.4) is 0 Å². The number of amides is 1. The Bertz CT molecular complexity index is 743. The Balaban J connectivity index is 1.81. The topological polar surface area (TPSA) is 38.3 Å². The van der Waals surface area contributed by atoms with Crippen molar-refractivity contribution < 1.29 is 22.7 Å². The van der Waals surface area contributed by atoms with Gasteiger partial charge in [0.15, 0.2) is 6.61 Å². The molecule has 0 heterocycles. The second-order valence-electron chi connectivity index (χ2n) is 5.15. The number of ether oxygens (including phenoxy) is 1. The lowest BCUT2D eigenvalue weighted by atomic mass is 10.2. The van der Waals surface area contributed by atoms with Crippen molar-refractivity contribution in [3.8, 4) is 5.75 Å². The van der Waals surface area contributed by atoms with Crippen molar-refractivity contribution in [1.29, 1.82) is 0 Å². The molecule has 132 valence electrons. The second-order valence-corrected chi connectivity index (χ2v) is 5.59. The van der Waals surface area contributed by atoms with Gasteiger partial charge in [-0.2, -0.15) is 13.2 Å². The van der Waals surface area contributed by atoms with Gasteiger partial charge in [-0.05, 0) is 41.5 Å². The SMILES string of the molecule is O=C(/C=C/c1cccc(Cl)c1)NCc1ccc(OCC(F)(F)F)cc1. The van der Waals surface area contributed by atoms with Gasteiger partial charge >= 0.3 is 6.18 Å². The second kappa shape index (κ2) is 8.58. The predicted molar refractivity (Wildman–Crippen MR) is 90.3 cm³/mol. The highest BCUT2D eigenvalue weighted by atomic mass is 35.5. The molecule has 0 atom stereocenters. The lowest BCUT2D eigenvalue weighted by Gasteiger charge is -2.09. The average Bonchev–Trinajstić information content (AvgIpc) is 2.56. The Hall–Kier alpha value is -2.47. The predicted octanol–water partition coefficient (Wildman–Crippen LogP) is 4.61. The summed E-state index contributed by atoms with van der Waals surface area (Å²) in [5, 5.41) is 3.26. The number of hydrogen-bond acceptors (Lipinski definition) is 2. The number of alkyl halides is 3. The van der Waals surface area contributed by atoms with Gasteiger partial charge in [0.25, 0.3) is 0 Å². The molecule has 2 rings (SSSR count). The minimum absolute atomic E-state index is 0.119. The molecule has 0 aliphatic carbocycles. The van der Waals surface area contributed by atoms with Gasteiger partial charge in [0, 0.05) is 17.6 Å². The fourth-order valence-electron chi connectivity index (χ4n) is 1.90. The van der Waals surface area contributed by atoms with Gasteiger partial charge in [0.1, 0.15) is 5.75 Å². The summed E-state index contributed by atoms with van der Waals surface area (Å²) >= 11 is 5.85. The maximum absolute atomic E-state index is 12.1. The van der Waals surface area contributed by atoms with Crippen LogP contribution < -0.4 is 10.1 Å². The number of hydrogen-bond donors (Lipinski definition) is 1. The van der Waals surface area contributed by atoms with Gasteiger partial charge in [-0.15, -0.1) is 0 Å². The van der Waals surface area contributed by atoms with Crippen LogP contribution in [0.2, 0.25) is 5.02 Å². The molecule has 0 spiro atoms. The first-order chi connectivity index (χ1) is 11.8. The molecule has 7 heteroatoms. The van der Waals surface area contributed by atoms with Crippen LogP contribution in [0.4, 0.5) is 13.2 Å². The summed E-state index contributed by atoms with van der Waals surface area (Å²) in [5.41, 5.74) is 1.54. The minimum atomic E-state index is -4.37. The van der Waals surface area contributed by atoms with E-state index in [4.69, 9.17) is 11.6 Å². The van der Waals surface area contributed by atoms with Crippen molar-refractivity contribution >= 4 is 23.6 Å². The van der Waals surface area contributed by atoms with Crippen molar-refractivity contribution in [2.45, 2.75) is 12.7 Å². The Labute approximate surface area is 148 Å². The van der Waals surface area contributed by atoms with E-state index in [-0.39, 0.29) is 18.2 Å². The monoisotopic (exact) mass is 369 g/mol. The van der Waals surface area contributed by atoms with Crippen molar-refractivity contribution in [3.05, 3.63) is 70.8 Å². The number of nitrogens with one attached hydrogen (secondary N) is 1. The summed E-state index contributed by atoms with van der Waals surface area (Å²) < 4.78 is 40.8.